The van der Waals surface area contributed by atoms with Gasteiger partial charge in [0.25, 0.3) is 0 Å². The van der Waals surface area contributed by atoms with Gasteiger partial charge >= 0.3 is 6.09 Å². The van der Waals surface area contributed by atoms with Crippen LogP contribution in [0.2, 0.25) is 0 Å². The standard InChI is InChI=1S/C19H30N3O3PS3/c1-4-26(27,25-18-13-9-6-10-14-18)22(17-11-7-5-8-12-17)29-15-20-19(23)24-21-16(2)28-3/h6,9-10,13-14,17H,4-5,7-8,11-12,15H2,1-3H3,(H,20,23). The molecule has 1 fully saturated rings. The molecule has 1 aromatic rings. The summed E-state index contributed by atoms with van der Waals surface area (Å²) in [5, 5.41) is 7.20. The maximum absolute atomic E-state index is 11.9. The van der Waals surface area contributed by atoms with E-state index >= 15 is 0 Å². The number of nitrogens with zero attached hydrogens (tertiary/aromatic N) is 2. The Balaban J connectivity index is 2.05. The summed E-state index contributed by atoms with van der Waals surface area (Å²) < 4.78 is 8.65. The fourth-order valence-electron chi connectivity index (χ4n) is 2.97. The van der Waals surface area contributed by atoms with Crippen LogP contribution in [-0.2, 0) is 16.6 Å². The van der Waals surface area contributed by atoms with Crippen LogP contribution in [0.4, 0.5) is 4.79 Å². The SMILES string of the molecule is CCP(=S)(Oc1ccccc1)N(SCNC(=O)ON=C(C)SC)C1CCCCC1. The summed E-state index contributed by atoms with van der Waals surface area (Å²) in [5.41, 5.74) is 0. The predicted molar refractivity (Wildman–Crippen MR) is 129 cm³/mol. The summed E-state index contributed by atoms with van der Waals surface area (Å²) in [5.74, 6) is 1.16. The molecule has 2 rings (SSSR count). The Bertz CT molecular complexity index is 715. The zero-order chi connectivity index (χ0) is 21.1. The molecule has 1 N–H and O–H groups in total. The van der Waals surface area contributed by atoms with Gasteiger partial charge < -0.3 is 9.84 Å². The Morgan fingerprint density at radius 1 is 1.31 bits per heavy atom. The van der Waals surface area contributed by atoms with Crippen LogP contribution in [0.15, 0.2) is 35.5 Å². The largest absolute Gasteiger partial charge is 0.452 e. The first-order valence-corrected chi connectivity index (χ1v) is 14.8. The van der Waals surface area contributed by atoms with Crippen LogP contribution in [-0.4, -0.2) is 39.5 Å². The third kappa shape index (κ3) is 8.13. The third-order valence-corrected chi connectivity index (χ3v) is 11.2. The average Bonchev–Trinajstić information content (AvgIpc) is 2.76. The van der Waals surface area contributed by atoms with Gasteiger partial charge in [-0.3, -0.25) is 4.84 Å². The van der Waals surface area contributed by atoms with E-state index in [4.69, 9.17) is 21.2 Å². The topological polar surface area (TPSA) is 63.2 Å². The van der Waals surface area contributed by atoms with E-state index in [1.165, 1.54) is 43.0 Å². The second-order valence-electron chi connectivity index (χ2n) is 6.60. The predicted octanol–water partition coefficient (Wildman–Crippen LogP) is 6.06. The summed E-state index contributed by atoms with van der Waals surface area (Å²) in [4.78, 5) is 16.8. The summed E-state index contributed by atoms with van der Waals surface area (Å²) >= 11 is 9.06. The molecule has 1 unspecified atom stereocenters. The summed E-state index contributed by atoms with van der Waals surface area (Å²) in [6, 6.07) is 10.1. The van der Waals surface area contributed by atoms with Crippen molar-refractivity contribution < 1.29 is 14.2 Å². The summed E-state index contributed by atoms with van der Waals surface area (Å²) in [6.45, 7) is 3.87. The molecule has 0 heterocycles. The van der Waals surface area contributed by atoms with Crippen molar-refractivity contribution in [1.82, 2.24) is 9.39 Å². The van der Waals surface area contributed by atoms with E-state index in [2.05, 4.69) is 21.5 Å². The van der Waals surface area contributed by atoms with Gasteiger partial charge in [0.05, 0.1) is 5.88 Å². The van der Waals surface area contributed by atoms with Crippen molar-refractivity contribution in [3.8, 4) is 5.75 Å². The first-order chi connectivity index (χ1) is 14.0. The van der Waals surface area contributed by atoms with Crippen molar-refractivity contribution >= 4 is 53.1 Å². The van der Waals surface area contributed by atoms with Crippen LogP contribution in [0.3, 0.4) is 0 Å². The number of hydrogen-bond donors (Lipinski definition) is 1. The normalized spacial score (nSPS) is 17.6. The molecule has 0 saturated heterocycles. The van der Waals surface area contributed by atoms with Crippen LogP contribution in [0, 0.1) is 0 Å². The maximum Gasteiger partial charge on any atom is 0.434 e. The van der Waals surface area contributed by atoms with Gasteiger partial charge in [0.15, 0.2) is 6.42 Å². The van der Waals surface area contributed by atoms with Crippen molar-refractivity contribution in [2.45, 2.75) is 52.0 Å². The minimum atomic E-state index is -2.29. The Hall–Kier alpha value is -0.730. The number of carbonyl (C=O) groups is 1. The van der Waals surface area contributed by atoms with Crippen molar-refractivity contribution in [2.75, 3.05) is 18.3 Å². The summed E-state index contributed by atoms with van der Waals surface area (Å²) in [6.07, 6.45) is 5.64. The molecule has 29 heavy (non-hydrogen) atoms. The molecule has 0 bridgehead atoms. The molecule has 1 aromatic carbocycles. The van der Waals surface area contributed by atoms with Gasteiger partial charge in [-0.2, -0.15) is 4.08 Å². The lowest BCUT2D eigenvalue weighted by molar-refractivity contribution is 0.153. The van der Waals surface area contributed by atoms with Gasteiger partial charge in [0.1, 0.15) is 10.8 Å². The van der Waals surface area contributed by atoms with Crippen LogP contribution in [0.1, 0.15) is 46.0 Å². The van der Waals surface area contributed by atoms with Gasteiger partial charge in [-0.25, -0.2) is 4.79 Å². The molecule has 6 nitrogen and oxygen atoms in total. The van der Waals surface area contributed by atoms with Gasteiger partial charge in [0.2, 0.25) is 0 Å². The highest BCUT2D eigenvalue weighted by Crippen LogP contribution is 2.57. The van der Waals surface area contributed by atoms with E-state index < -0.39 is 12.5 Å². The molecule has 1 atom stereocenters. The Kier molecular flexibility index (Phi) is 10.9. The minimum absolute atomic E-state index is 0.359. The van der Waals surface area contributed by atoms with E-state index in [1.807, 2.05) is 36.6 Å². The van der Waals surface area contributed by atoms with E-state index in [-0.39, 0.29) is 0 Å². The smallest absolute Gasteiger partial charge is 0.434 e. The maximum atomic E-state index is 11.9. The Labute approximate surface area is 187 Å². The third-order valence-electron chi connectivity index (χ3n) is 4.54. The number of nitrogens with one attached hydrogen (secondary N) is 1. The number of hydrogen-bond acceptors (Lipinski definition) is 7. The molecule has 0 aliphatic heterocycles. The van der Waals surface area contributed by atoms with Crippen LogP contribution in [0.25, 0.3) is 0 Å². The van der Waals surface area contributed by atoms with Gasteiger partial charge in [-0.1, -0.05) is 49.5 Å². The Morgan fingerprint density at radius 2 is 2.00 bits per heavy atom. The number of thioether (sulfide) groups is 1. The zero-order valence-electron chi connectivity index (χ0n) is 17.2. The molecule has 162 valence electrons. The molecular weight excluding hydrogens is 445 g/mol. The minimum Gasteiger partial charge on any atom is -0.452 e. The van der Waals surface area contributed by atoms with Crippen molar-refractivity contribution in [3.05, 3.63) is 30.3 Å². The number of para-hydroxylation sites is 1. The quantitative estimate of drug-likeness (QED) is 0.0886. The molecule has 10 heteroatoms. The fraction of sp³-hybridized carbons (Fsp3) is 0.579. The molecule has 0 radical (unpaired) electrons. The lowest BCUT2D eigenvalue weighted by Crippen LogP contribution is -2.34. The van der Waals surface area contributed by atoms with Crippen molar-refractivity contribution in [1.29, 1.82) is 0 Å². The molecule has 1 amide bonds. The molecule has 1 aliphatic rings. The number of benzene rings is 1. The first-order valence-electron chi connectivity index (χ1n) is 9.78. The highest BCUT2D eigenvalue weighted by atomic mass is 32.5. The zero-order valence-corrected chi connectivity index (χ0v) is 20.5. The van der Waals surface area contributed by atoms with E-state index in [0.29, 0.717) is 17.0 Å². The van der Waals surface area contributed by atoms with Crippen LogP contribution in [0.5, 0.6) is 5.75 Å². The number of carbonyl (C=O) groups excluding carboxylic acids is 1. The van der Waals surface area contributed by atoms with Gasteiger partial charge in [-0.15, -0.1) is 11.8 Å². The number of oxime groups is 1. The first kappa shape index (κ1) is 24.5. The van der Waals surface area contributed by atoms with E-state index in [1.54, 1.807) is 6.92 Å². The molecule has 0 aromatic heterocycles. The average molecular weight is 476 g/mol. The summed E-state index contributed by atoms with van der Waals surface area (Å²) in [7, 11) is 0. The second-order valence-corrected chi connectivity index (χ2v) is 13.0. The van der Waals surface area contributed by atoms with Crippen molar-refractivity contribution in [3.63, 3.8) is 0 Å². The number of rotatable bonds is 9. The van der Waals surface area contributed by atoms with E-state index in [9.17, 15) is 4.79 Å². The highest BCUT2D eigenvalue weighted by molar-refractivity contribution is 8.17. The number of amides is 1. The lowest BCUT2D eigenvalue weighted by atomic mass is 9.96. The molecular formula is C19H30N3O3PS3. The lowest BCUT2D eigenvalue weighted by Gasteiger charge is -2.40. The van der Waals surface area contributed by atoms with Crippen LogP contribution >= 0.6 is 30.1 Å². The van der Waals surface area contributed by atoms with Gasteiger partial charge in [0, 0.05) is 12.2 Å². The highest BCUT2D eigenvalue weighted by Gasteiger charge is 2.34. The van der Waals surface area contributed by atoms with Gasteiger partial charge in [-0.05, 0) is 61.9 Å². The second kappa shape index (κ2) is 12.8. The fourth-order valence-corrected chi connectivity index (χ4v) is 7.89. The van der Waals surface area contributed by atoms with E-state index in [0.717, 1.165) is 24.8 Å². The van der Waals surface area contributed by atoms with Crippen LogP contribution < -0.4 is 9.84 Å². The molecule has 1 saturated carbocycles. The molecule has 0 spiro atoms. The van der Waals surface area contributed by atoms with Crippen molar-refractivity contribution in [2.24, 2.45) is 5.16 Å². The monoisotopic (exact) mass is 475 g/mol. The Morgan fingerprint density at radius 3 is 2.62 bits per heavy atom. The molecule has 1 aliphatic carbocycles.